The number of nitrogens with zero attached hydrogens (tertiary/aromatic N) is 3. The van der Waals surface area contributed by atoms with Crippen LogP contribution in [-0.4, -0.2) is 28.5 Å². The van der Waals surface area contributed by atoms with Gasteiger partial charge < -0.3 is 10.2 Å². The Morgan fingerprint density at radius 2 is 1.94 bits per heavy atom. The molecule has 34 heavy (non-hydrogen) atoms. The maximum atomic E-state index is 13.5. The van der Waals surface area contributed by atoms with Crippen LogP contribution in [0.5, 0.6) is 0 Å². The zero-order valence-corrected chi connectivity index (χ0v) is 20.6. The van der Waals surface area contributed by atoms with Crippen LogP contribution >= 0.6 is 22.9 Å². The topological polar surface area (TPSA) is 67.2 Å². The molecule has 0 spiro atoms. The lowest BCUT2D eigenvalue weighted by Gasteiger charge is -2.34. The van der Waals surface area contributed by atoms with Gasteiger partial charge in [-0.15, -0.1) is 11.3 Å². The van der Waals surface area contributed by atoms with Gasteiger partial charge in [0.2, 0.25) is 11.9 Å². The van der Waals surface area contributed by atoms with E-state index in [1.807, 2.05) is 61.7 Å². The summed E-state index contributed by atoms with van der Waals surface area (Å²) in [5.41, 5.74) is 4.15. The molecule has 1 atom stereocenters. The smallest absolute Gasteiger partial charge is 0.277 e. The van der Waals surface area contributed by atoms with Gasteiger partial charge >= 0.3 is 0 Å². The third kappa shape index (κ3) is 4.33. The highest BCUT2D eigenvalue weighted by atomic mass is 35.5. The summed E-state index contributed by atoms with van der Waals surface area (Å²) in [7, 11) is 0. The molecule has 1 aliphatic rings. The first-order valence-electron chi connectivity index (χ1n) is 11.3. The lowest BCUT2D eigenvalue weighted by atomic mass is 9.97. The summed E-state index contributed by atoms with van der Waals surface area (Å²) >= 11 is 7.63. The molecule has 174 valence electrons. The van der Waals surface area contributed by atoms with E-state index in [2.05, 4.69) is 10.2 Å². The number of nitrogens with one attached hydrogen (secondary N) is 1. The molecule has 1 amide bonds. The van der Waals surface area contributed by atoms with E-state index in [1.165, 1.54) is 11.3 Å². The number of hydrogen-bond donors (Lipinski definition) is 1. The number of amides is 1. The highest BCUT2D eigenvalue weighted by Gasteiger charge is 2.29. The van der Waals surface area contributed by atoms with Gasteiger partial charge in [-0.05, 0) is 68.0 Å². The SMILES string of the molecule is Cc1ccc(-n2c(N3CCC[C@H](C(=O)Nc4ccc(C)c(Cl)c4)C3)nc3ccsc3c2=O)cc1. The molecule has 2 aromatic heterocycles. The number of carbonyl (C=O) groups excluding carboxylic acids is 1. The maximum absolute atomic E-state index is 13.5. The Hall–Kier alpha value is -3.16. The second-order valence-electron chi connectivity index (χ2n) is 8.76. The second kappa shape index (κ2) is 9.24. The fourth-order valence-electron chi connectivity index (χ4n) is 4.33. The van der Waals surface area contributed by atoms with Gasteiger partial charge in [-0.2, -0.15) is 0 Å². The fourth-order valence-corrected chi connectivity index (χ4v) is 5.27. The summed E-state index contributed by atoms with van der Waals surface area (Å²) in [6.07, 6.45) is 1.61. The minimum atomic E-state index is -0.227. The van der Waals surface area contributed by atoms with Crippen LogP contribution in [0.2, 0.25) is 5.02 Å². The Morgan fingerprint density at radius 3 is 2.71 bits per heavy atom. The number of fused-ring (bicyclic) bond motifs is 1. The summed E-state index contributed by atoms with van der Waals surface area (Å²) in [4.78, 5) is 33.5. The number of halogens is 1. The van der Waals surface area contributed by atoms with Gasteiger partial charge in [-0.25, -0.2) is 9.55 Å². The zero-order valence-electron chi connectivity index (χ0n) is 19.0. The number of anilines is 2. The average Bonchev–Trinajstić information content (AvgIpc) is 3.31. The van der Waals surface area contributed by atoms with Crippen LogP contribution in [0, 0.1) is 19.8 Å². The lowest BCUT2D eigenvalue weighted by Crippen LogP contribution is -2.43. The third-order valence-electron chi connectivity index (χ3n) is 6.27. The molecule has 0 bridgehead atoms. The Balaban J connectivity index is 1.47. The number of rotatable bonds is 4. The van der Waals surface area contributed by atoms with Crippen molar-refractivity contribution in [3.05, 3.63) is 80.4 Å². The Kier molecular flexibility index (Phi) is 6.15. The average molecular weight is 493 g/mol. The first kappa shape index (κ1) is 22.6. The second-order valence-corrected chi connectivity index (χ2v) is 10.1. The van der Waals surface area contributed by atoms with E-state index < -0.39 is 0 Å². The first-order chi connectivity index (χ1) is 16.4. The van der Waals surface area contributed by atoms with Crippen molar-refractivity contribution in [1.29, 1.82) is 0 Å². The monoisotopic (exact) mass is 492 g/mol. The molecule has 0 aliphatic carbocycles. The molecule has 5 rings (SSSR count). The Morgan fingerprint density at radius 1 is 1.15 bits per heavy atom. The predicted molar refractivity (Wildman–Crippen MR) is 140 cm³/mol. The van der Waals surface area contributed by atoms with E-state index in [0.717, 1.165) is 36.2 Å². The van der Waals surface area contributed by atoms with Crippen molar-refractivity contribution in [3.8, 4) is 5.69 Å². The number of hydrogen-bond acceptors (Lipinski definition) is 5. The molecule has 4 aromatic rings. The summed E-state index contributed by atoms with van der Waals surface area (Å²) in [5, 5.41) is 5.52. The highest BCUT2D eigenvalue weighted by Crippen LogP contribution is 2.28. The molecule has 0 saturated carbocycles. The molecule has 1 saturated heterocycles. The molecular weight excluding hydrogens is 468 g/mol. The van der Waals surface area contributed by atoms with Crippen LogP contribution in [0.15, 0.2) is 58.7 Å². The van der Waals surface area contributed by atoms with Crippen molar-refractivity contribution < 1.29 is 4.79 Å². The normalized spacial score (nSPS) is 16.1. The van der Waals surface area contributed by atoms with E-state index in [9.17, 15) is 9.59 Å². The molecule has 1 N–H and O–H groups in total. The van der Waals surface area contributed by atoms with E-state index in [-0.39, 0.29) is 17.4 Å². The standard InChI is InChI=1S/C26H25ClN4O2S/c1-16-5-9-20(10-6-16)31-25(33)23-22(11-13-34-23)29-26(31)30-12-3-4-18(15-30)24(32)28-19-8-7-17(2)21(27)14-19/h5-11,13-14,18H,3-4,12,15H2,1-2H3,(H,28,32)/t18-/m0/s1. The predicted octanol–water partition coefficient (Wildman–Crippen LogP) is 5.57. The number of benzene rings is 2. The molecule has 3 heterocycles. The van der Waals surface area contributed by atoms with Gasteiger partial charge in [0.05, 0.1) is 17.1 Å². The zero-order chi connectivity index (χ0) is 23.8. The number of carbonyl (C=O) groups is 1. The van der Waals surface area contributed by atoms with Crippen LogP contribution in [0.25, 0.3) is 15.9 Å². The molecule has 1 fully saturated rings. The number of aryl methyl sites for hydroxylation is 2. The van der Waals surface area contributed by atoms with E-state index >= 15 is 0 Å². The van der Waals surface area contributed by atoms with E-state index in [4.69, 9.17) is 16.6 Å². The van der Waals surface area contributed by atoms with Gasteiger partial charge in [-0.3, -0.25) is 9.59 Å². The summed E-state index contributed by atoms with van der Waals surface area (Å²) in [5.74, 6) is 0.302. The summed E-state index contributed by atoms with van der Waals surface area (Å²) in [6, 6.07) is 15.3. The fraction of sp³-hybridized carbons (Fsp3) is 0.269. The van der Waals surface area contributed by atoms with Crippen molar-refractivity contribution >= 4 is 50.7 Å². The minimum Gasteiger partial charge on any atom is -0.341 e. The Bertz CT molecular complexity index is 1430. The van der Waals surface area contributed by atoms with Crippen LogP contribution in [0.4, 0.5) is 11.6 Å². The maximum Gasteiger partial charge on any atom is 0.277 e. The van der Waals surface area contributed by atoms with E-state index in [0.29, 0.717) is 33.4 Å². The van der Waals surface area contributed by atoms with Gasteiger partial charge in [0.25, 0.3) is 5.56 Å². The first-order valence-corrected chi connectivity index (χ1v) is 12.6. The van der Waals surface area contributed by atoms with Gasteiger partial charge in [-0.1, -0.05) is 35.4 Å². The quantitative estimate of drug-likeness (QED) is 0.404. The van der Waals surface area contributed by atoms with Crippen molar-refractivity contribution in [2.75, 3.05) is 23.3 Å². The molecule has 0 unspecified atom stereocenters. The van der Waals surface area contributed by atoms with Gasteiger partial charge in [0, 0.05) is 23.8 Å². The van der Waals surface area contributed by atoms with Crippen molar-refractivity contribution in [2.24, 2.45) is 5.92 Å². The number of aromatic nitrogens is 2. The molecular formula is C26H25ClN4O2S. The minimum absolute atomic E-state index is 0.0505. The van der Waals surface area contributed by atoms with Crippen LogP contribution in [-0.2, 0) is 4.79 Å². The van der Waals surface area contributed by atoms with Crippen LogP contribution < -0.4 is 15.8 Å². The Labute approximate surface area is 206 Å². The molecule has 6 nitrogen and oxygen atoms in total. The largest absolute Gasteiger partial charge is 0.341 e. The number of piperidine rings is 1. The summed E-state index contributed by atoms with van der Waals surface area (Å²) in [6.45, 7) is 5.16. The molecule has 8 heteroatoms. The molecule has 1 aliphatic heterocycles. The van der Waals surface area contributed by atoms with Crippen molar-refractivity contribution in [1.82, 2.24) is 9.55 Å². The van der Waals surface area contributed by atoms with E-state index in [1.54, 1.807) is 10.6 Å². The third-order valence-corrected chi connectivity index (χ3v) is 7.57. The van der Waals surface area contributed by atoms with Crippen molar-refractivity contribution in [3.63, 3.8) is 0 Å². The van der Waals surface area contributed by atoms with Crippen LogP contribution in [0.1, 0.15) is 24.0 Å². The van der Waals surface area contributed by atoms with Gasteiger partial charge in [0.15, 0.2) is 0 Å². The molecule has 0 radical (unpaired) electrons. The molecule has 2 aromatic carbocycles. The highest BCUT2D eigenvalue weighted by molar-refractivity contribution is 7.17. The lowest BCUT2D eigenvalue weighted by molar-refractivity contribution is -0.120. The number of thiophene rings is 1. The van der Waals surface area contributed by atoms with Crippen LogP contribution in [0.3, 0.4) is 0 Å². The van der Waals surface area contributed by atoms with Crippen molar-refractivity contribution in [2.45, 2.75) is 26.7 Å². The van der Waals surface area contributed by atoms with Gasteiger partial charge in [0.1, 0.15) is 4.70 Å². The summed E-state index contributed by atoms with van der Waals surface area (Å²) < 4.78 is 2.31.